The van der Waals surface area contributed by atoms with Crippen molar-refractivity contribution >= 4 is 41.0 Å². The van der Waals surface area contributed by atoms with Gasteiger partial charge in [0.1, 0.15) is 5.82 Å². The summed E-state index contributed by atoms with van der Waals surface area (Å²) >= 11 is -0.173. The molecule has 0 N–H and O–H groups in total. The minimum Gasteiger partial charge on any atom is -0.207 e. The molecule has 3 heteroatoms. The molecule has 64 valence electrons. The average molecular weight is 243 g/mol. The fourth-order valence-corrected chi connectivity index (χ4v) is 2.48. The van der Waals surface area contributed by atoms with Gasteiger partial charge in [-0.2, -0.15) is 3.69 Å². The van der Waals surface area contributed by atoms with Crippen molar-refractivity contribution in [1.29, 1.82) is 0 Å². The fraction of sp³-hybridized carbons (Fsp3) is 0.333. The molecule has 0 amide bonds. The number of halogens is 2. The summed E-state index contributed by atoms with van der Waals surface area (Å²) < 4.78 is 15.1. The summed E-state index contributed by atoms with van der Waals surface area (Å²) in [5.74, 6) is -0.0916. The first-order valence-corrected chi connectivity index (χ1v) is 5.78. The maximum absolute atomic E-state index is 12.6. The maximum atomic E-state index is 12.6. The van der Waals surface area contributed by atoms with Gasteiger partial charge in [-0.15, -0.1) is 21.5 Å². The number of hydrogen-bond acceptors (Lipinski definition) is 0. The van der Waals surface area contributed by atoms with Gasteiger partial charge in [-0.05, 0) is 6.07 Å². The normalized spacial score (nSPS) is 8.50. The summed E-state index contributed by atoms with van der Waals surface area (Å²) in [6.07, 6.45) is 1.22. The summed E-state index contributed by atoms with van der Waals surface area (Å²) in [7, 11) is 0. The van der Waals surface area contributed by atoms with Gasteiger partial charge in [0.15, 0.2) is 0 Å². The molecule has 12 heavy (non-hydrogen) atoms. The van der Waals surface area contributed by atoms with E-state index < -0.39 is 0 Å². The van der Waals surface area contributed by atoms with Gasteiger partial charge >= 0.3 is 20.4 Å². The lowest BCUT2D eigenvalue weighted by molar-refractivity contribution is 0.629. The molecule has 0 saturated carbocycles. The van der Waals surface area contributed by atoms with Crippen LogP contribution >= 0.6 is 17.0 Å². The predicted molar refractivity (Wildman–Crippen MR) is 57.2 cm³/mol. The molecule has 0 aliphatic carbocycles. The van der Waals surface area contributed by atoms with Gasteiger partial charge in [0.2, 0.25) is 0 Å². The van der Waals surface area contributed by atoms with Gasteiger partial charge in [0, 0.05) is 0 Å². The van der Waals surface area contributed by atoms with E-state index in [1.165, 1.54) is 20.7 Å². The standard InChI is InChI=1S/C6H4F.C3H7.BrH.Mg/c7-6-4-2-1-3-5-6;1-3-2;;/h1-2,4-5H;1,3H2,2H3;1H;. The van der Waals surface area contributed by atoms with Crippen molar-refractivity contribution < 1.29 is 4.39 Å². The van der Waals surface area contributed by atoms with Gasteiger partial charge in [-0.1, -0.05) is 31.5 Å². The van der Waals surface area contributed by atoms with Crippen molar-refractivity contribution in [2.24, 2.45) is 0 Å². The highest BCUT2D eigenvalue weighted by molar-refractivity contribution is 8.93. The monoisotopic (exact) mass is 242 g/mol. The van der Waals surface area contributed by atoms with Gasteiger partial charge in [0.25, 0.3) is 0 Å². The molecule has 0 spiro atoms. The molecule has 1 rings (SSSR count). The topological polar surface area (TPSA) is 0 Å². The largest absolute Gasteiger partial charge is 0.408 e. The summed E-state index contributed by atoms with van der Waals surface area (Å²) in [6.45, 7) is 2.17. The Bertz CT molecular complexity index is 228. The van der Waals surface area contributed by atoms with Crippen LogP contribution in [-0.2, 0) is 0 Å². The van der Waals surface area contributed by atoms with Crippen LogP contribution in [0.5, 0.6) is 0 Å². The first-order valence-electron chi connectivity index (χ1n) is 4.07. The van der Waals surface area contributed by atoms with Gasteiger partial charge in [-0.25, -0.2) is 4.39 Å². The van der Waals surface area contributed by atoms with Crippen LogP contribution in [0.4, 0.5) is 4.39 Å². The van der Waals surface area contributed by atoms with Crippen LogP contribution in [0.1, 0.15) is 13.3 Å². The molecule has 0 nitrogen and oxygen atoms in total. The van der Waals surface area contributed by atoms with Crippen molar-refractivity contribution in [2.45, 2.75) is 17.9 Å². The Kier molecular flexibility index (Phi) is 7.09. The zero-order valence-electron chi connectivity index (χ0n) is 7.22. The maximum Gasteiger partial charge on any atom is 0.408 e. The Morgan fingerprint density at radius 2 is 2.17 bits per heavy atom. The third-order valence-corrected chi connectivity index (χ3v) is 3.79. The molecule has 1 aromatic rings. The molecule has 0 aromatic heterocycles. The number of rotatable bonds is 3. The summed E-state index contributed by atoms with van der Waals surface area (Å²) in [5, 5.41) is 0. The molecule has 0 aliphatic rings. The summed E-state index contributed by atoms with van der Waals surface area (Å²) in [6, 6.07) is 7.00. The second-order valence-corrected chi connectivity index (χ2v) is 4.76. The minimum atomic E-state index is -0.173. The molecular weight excluding hydrogens is 231 g/mol. The van der Waals surface area contributed by atoms with Crippen molar-refractivity contribution in [3.8, 4) is 0 Å². The Morgan fingerprint density at radius 1 is 1.42 bits per heavy atom. The van der Waals surface area contributed by atoms with Crippen molar-refractivity contribution in [1.82, 2.24) is 0 Å². The van der Waals surface area contributed by atoms with Crippen LogP contribution < -0.4 is 3.69 Å². The first kappa shape index (κ1) is 12.4. The lowest BCUT2D eigenvalue weighted by atomic mass is 10.3. The van der Waals surface area contributed by atoms with Crippen LogP contribution in [0, 0.1) is 5.82 Å². The molecule has 0 aliphatic heterocycles. The molecule has 0 saturated heterocycles. The van der Waals surface area contributed by atoms with Gasteiger partial charge in [-0.3, -0.25) is 0 Å². The highest BCUT2D eigenvalue weighted by atomic mass is 79.9. The lowest BCUT2D eigenvalue weighted by Crippen LogP contribution is -2.13. The predicted octanol–water partition coefficient (Wildman–Crippen LogP) is 2.56. The van der Waals surface area contributed by atoms with E-state index in [0.717, 1.165) is 0 Å². The molecule has 0 radical (unpaired) electrons. The molecular formula is C9H12BrFMg. The van der Waals surface area contributed by atoms with E-state index in [4.69, 9.17) is 0 Å². The Labute approximate surface area is 93.0 Å². The van der Waals surface area contributed by atoms with E-state index in [9.17, 15) is 4.39 Å². The second-order valence-electron chi connectivity index (χ2n) is 2.73. The third-order valence-electron chi connectivity index (χ3n) is 1.71. The van der Waals surface area contributed by atoms with Crippen molar-refractivity contribution in [2.75, 3.05) is 0 Å². The van der Waals surface area contributed by atoms with Crippen LogP contribution in [0.25, 0.3) is 0 Å². The van der Waals surface area contributed by atoms with Gasteiger partial charge in [0.05, 0.1) is 0 Å². The van der Waals surface area contributed by atoms with E-state index in [2.05, 4.69) is 6.92 Å². The Balaban J connectivity index is 0.00000121. The van der Waals surface area contributed by atoms with Crippen LogP contribution in [0.15, 0.2) is 24.3 Å². The van der Waals surface area contributed by atoms with E-state index >= 15 is 0 Å². The quantitative estimate of drug-likeness (QED) is 0.716. The third kappa shape index (κ3) is 4.43. The minimum absolute atomic E-state index is 0. The summed E-state index contributed by atoms with van der Waals surface area (Å²) in [4.78, 5) is 0. The second kappa shape index (κ2) is 6.86. The highest BCUT2D eigenvalue weighted by Gasteiger charge is 1.97. The van der Waals surface area contributed by atoms with Gasteiger partial charge < -0.3 is 0 Å². The van der Waals surface area contributed by atoms with Crippen molar-refractivity contribution in [3.05, 3.63) is 30.1 Å². The first-order chi connectivity index (χ1) is 5.33. The molecule has 0 bridgehead atoms. The highest BCUT2D eigenvalue weighted by Crippen LogP contribution is 1.93. The molecule has 0 fully saturated rings. The van der Waals surface area contributed by atoms with E-state index in [1.807, 2.05) is 6.07 Å². The van der Waals surface area contributed by atoms with Crippen LogP contribution in [0.3, 0.4) is 0 Å². The Hall–Kier alpha value is 0.396. The van der Waals surface area contributed by atoms with E-state index in [0.29, 0.717) is 0 Å². The van der Waals surface area contributed by atoms with Crippen LogP contribution in [0.2, 0.25) is 4.55 Å². The molecule has 0 heterocycles. The van der Waals surface area contributed by atoms with Crippen LogP contribution in [-0.4, -0.2) is 20.4 Å². The SMILES string of the molecule is Br.CC[CH2][Mg][c]1cccc(F)c1. The number of benzene rings is 1. The van der Waals surface area contributed by atoms with E-state index in [1.54, 1.807) is 12.1 Å². The average Bonchev–Trinajstić information content (AvgIpc) is 2.01. The zero-order valence-corrected chi connectivity index (χ0v) is 10.3. The fourth-order valence-electron chi connectivity index (χ4n) is 1.07. The molecule has 0 unspecified atom stereocenters. The zero-order chi connectivity index (χ0) is 8.10. The van der Waals surface area contributed by atoms with Crippen molar-refractivity contribution in [3.63, 3.8) is 0 Å². The van der Waals surface area contributed by atoms with E-state index in [-0.39, 0.29) is 43.2 Å². The smallest absolute Gasteiger partial charge is 0.207 e. The Morgan fingerprint density at radius 3 is 2.75 bits per heavy atom. The summed E-state index contributed by atoms with van der Waals surface area (Å²) in [5.41, 5.74) is 0. The molecule has 0 atom stereocenters. The lowest BCUT2D eigenvalue weighted by Gasteiger charge is -1.96. The molecule has 1 aromatic carbocycles. The number of hydrogen-bond donors (Lipinski definition) is 0.